The second kappa shape index (κ2) is 7.30. The SMILES string of the molecule is CCCN1C(=S)N[C@H](c2ccccn2)[C@H]1c1ccn(-c2ccccc2)c1. The van der Waals surface area contributed by atoms with Crippen LogP contribution in [0.4, 0.5) is 0 Å². The van der Waals surface area contributed by atoms with Crippen molar-refractivity contribution in [3.8, 4) is 5.69 Å². The maximum absolute atomic E-state index is 5.64. The number of hydrogen-bond acceptors (Lipinski definition) is 2. The average Bonchev–Trinajstić information content (AvgIpc) is 3.29. The molecule has 0 bridgehead atoms. The van der Waals surface area contributed by atoms with E-state index in [1.807, 2.05) is 24.4 Å². The summed E-state index contributed by atoms with van der Waals surface area (Å²) >= 11 is 5.64. The van der Waals surface area contributed by atoms with E-state index in [2.05, 4.69) is 75.5 Å². The van der Waals surface area contributed by atoms with E-state index < -0.39 is 0 Å². The van der Waals surface area contributed by atoms with Gasteiger partial charge in [-0.2, -0.15) is 0 Å². The Labute approximate surface area is 159 Å². The van der Waals surface area contributed by atoms with Crippen molar-refractivity contribution in [2.45, 2.75) is 25.4 Å². The molecule has 2 atom stereocenters. The van der Waals surface area contributed by atoms with E-state index >= 15 is 0 Å². The van der Waals surface area contributed by atoms with Gasteiger partial charge >= 0.3 is 0 Å². The number of pyridine rings is 1. The highest BCUT2D eigenvalue weighted by Crippen LogP contribution is 2.38. The van der Waals surface area contributed by atoms with Gasteiger partial charge in [0.1, 0.15) is 0 Å². The van der Waals surface area contributed by atoms with E-state index in [1.54, 1.807) is 0 Å². The average molecular weight is 363 g/mol. The Morgan fingerprint density at radius 3 is 2.62 bits per heavy atom. The normalized spacial score (nSPS) is 19.6. The molecule has 0 amide bonds. The van der Waals surface area contributed by atoms with Crippen LogP contribution in [-0.4, -0.2) is 26.1 Å². The second-order valence-electron chi connectivity index (χ2n) is 6.51. The third kappa shape index (κ3) is 3.10. The van der Waals surface area contributed by atoms with E-state index in [1.165, 1.54) is 5.56 Å². The van der Waals surface area contributed by atoms with Crippen LogP contribution in [0.25, 0.3) is 5.69 Å². The molecule has 1 aromatic carbocycles. The Hall–Kier alpha value is -2.66. The first kappa shape index (κ1) is 16.8. The molecule has 1 saturated heterocycles. The summed E-state index contributed by atoms with van der Waals surface area (Å²) in [6.45, 7) is 3.11. The minimum Gasteiger partial charge on any atom is -0.352 e. The largest absolute Gasteiger partial charge is 0.352 e. The van der Waals surface area contributed by atoms with Gasteiger partial charge in [-0.1, -0.05) is 31.2 Å². The fourth-order valence-corrected chi connectivity index (χ4v) is 3.93. The van der Waals surface area contributed by atoms with Crippen molar-refractivity contribution in [2.75, 3.05) is 6.54 Å². The van der Waals surface area contributed by atoms with Crippen molar-refractivity contribution in [3.63, 3.8) is 0 Å². The molecule has 0 radical (unpaired) electrons. The molecule has 0 saturated carbocycles. The summed E-state index contributed by atoms with van der Waals surface area (Å²) in [5, 5.41) is 4.29. The lowest BCUT2D eigenvalue weighted by molar-refractivity contribution is 0.318. The third-order valence-electron chi connectivity index (χ3n) is 4.77. The zero-order chi connectivity index (χ0) is 17.9. The molecular weight excluding hydrogens is 340 g/mol. The van der Waals surface area contributed by atoms with E-state index in [4.69, 9.17) is 12.2 Å². The molecule has 0 aliphatic carbocycles. The fourth-order valence-electron chi connectivity index (χ4n) is 3.60. The lowest BCUT2D eigenvalue weighted by Crippen LogP contribution is -2.30. The fraction of sp³-hybridized carbons (Fsp3) is 0.238. The Bertz CT molecular complexity index is 875. The van der Waals surface area contributed by atoms with E-state index in [9.17, 15) is 0 Å². The third-order valence-corrected chi connectivity index (χ3v) is 5.13. The summed E-state index contributed by atoms with van der Waals surface area (Å²) in [7, 11) is 0. The summed E-state index contributed by atoms with van der Waals surface area (Å²) < 4.78 is 2.16. The van der Waals surface area contributed by atoms with Crippen molar-refractivity contribution in [1.82, 2.24) is 19.8 Å². The van der Waals surface area contributed by atoms with Crippen LogP contribution in [0.1, 0.15) is 36.7 Å². The maximum Gasteiger partial charge on any atom is 0.170 e. The minimum absolute atomic E-state index is 0.0573. The molecular formula is C21H22N4S. The zero-order valence-electron chi connectivity index (χ0n) is 14.7. The van der Waals surface area contributed by atoms with Gasteiger partial charge in [-0.25, -0.2) is 0 Å². The topological polar surface area (TPSA) is 33.1 Å². The molecule has 1 aliphatic rings. The highest BCUT2D eigenvalue weighted by molar-refractivity contribution is 7.80. The molecule has 4 nitrogen and oxygen atoms in total. The summed E-state index contributed by atoms with van der Waals surface area (Å²) in [6.07, 6.45) is 7.21. The van der Waals surface area contributed by atoms with Gasteiger partial charge in [-0.3, -0.25) is 4.98 Å². The monoisotopic (exact) mass is 362 g/mol. The summed E-state index contributed by atoms with van der Waals surface area (Å²) in [4.78, 5) is 6.87. The number of rotatable bonds is 5. The maximum atomic E-state index is 5.64. The number of para-hydroxylation sites is 1. The van der Waals surface area contributed by atoms with Crippen LogP contribution in [0.3, 0.4) is 0 Å². The van der Waals surface area contributed by atoms with Gasteiger partial charge in [0.05, 0.1) is 17.8 Å². The molecule has 132 valence electrons. The van der Waals surface area contributed by atoms with Gasteiger partial charge in [0, 0.05) is 30.8 Å². The smallest absolute Gasteiger partial charge is 0.170 e. The molecule has 1 aliphatic heterocycles. The first-order valence-electron chi connectivity index (χ1n) is 8.99. The Kier molecular flexibility index (Phi) is 4.71. The lowest BCUT2D eigenvalue weighted by atomic mass is 9.99. The number of aromatic nitrogens is 2. The van der Waals surface area contributed by atoms with Crippen molar-refractivity contribution < 1.29 is 0 Å². The van der Waals surface area contributed by atoms with Gasteiger partial charge < -0.3 is 14.8 Å². The number of nitrogens with zero attached hydrogens (tertiary/aromatic N) is 3. The van der Waals surface area contributed by atoms with Crippen LogP contribution in [0, 0.1) is 0 Å². The van der Waals surface area contributed by atoms with Crippen LogP contribution >= 0.6 is 12.2 Å². The number of nitrogens with one attached hydrogen (secondary N) is 1. The van der Waals surface area contributed by atoms with Gasteiger partial charge in [-0.05, 0) is 54.5 Å². The number of thiocarbonyl (C=S) groups is 1. The minimum atomic E-state index is 0.0573. The van der Waals surface area contributed by atoms with Crippen molar-refractivity contribution >= 4 is 17.3 Å². The lowest BCUT2D eigenvalue weighted by Gasteiger charge is -2.26. The predicted molar refractivity (Wildman–Crippen MR) is 108 cm³/mol. The predicted octanol–water partition coefficient (Wildman–Crippen LogP) is 4.25. The van der Waals surface area contributed by atoms with Crippen LogP contribution in [0.5, 0.6) is 0 Å². The van der Waals surface area contributed by atoms with Crippen LogP contribution in [0.15, 0.2) is 73.2 Å². The molecule has 3 heterocycles. The summed E-state index contributed by atoms with van der Waals surface area (Å²) in [5.41, 5.74) is 3.42. The van der Waals surface area contributed by atoms with Crippen molar-refractivity contribution in [2.24, 2.45) is 0 Å². The molecule has 0 unspecified atom stereocenters. The highest BCUT2D eigenvalue weighted by Gasteiger charge is 2.39. The molecule has 3 aromatic rings. The molecule has 4 rings (SSSR count). The van der Waals surface area contributed by atoms with Gasteiger partial charge in [-0.15, -0.1) is 0 Å². The highest BCUT2D eigenvalue weighted by atomic mass is 32.1. The molecule has 26 heavy (non-hydrogen) atoms. The van der Waals surface area contributed by atoms with Gasteiger partial charge in [0.2, 0.25) is 0 Å². The standard InChI is InChI=1S/C21H22N4S/c1-2-13-25-20(19(23-21(25)26)18-10-6-7-12-22-18)16-11-14-24(15-16)17-8-4-3-5-9-17/h3-12,14-15,19-20H,2,13H2,1H3,(H,23,26)/t19-,20-/m1/s1. The molecule has 5 heteroatoms. The van der Waals surface area contributed by atoms with Crippen LogP contribution in [-0.2, 0) is 0 Å². The number of hydrogen-bond donors (Lipinski definition) is 1. The zero-order valence-corrected chi connectivity index (χ0v) is 15.6. The van der Waals surface area contributed by atoms with E-state index in [0.717, 1.165) is 29.5 Å². The summed E-state index contributed by atoms with van der Waals surface area (Å²) in [5.74, 6) is 0. The van der Waals surface area contributed by atoms with E-state index in [-0.39, 0.29) is 12.1 Å². The van der Waals surface area contributed by atoms with E-state index in [0.29, 0.717) is 0 Å². The van der Waals surface area contributed by atoms with Gasteiger partial charge in [0.25, 0.3) is 0 Å². The van der Waals surface area contributed by atoms with Crippen LogP contribution < -0.4 is 5.32 Å². The molecule has 0 spiro atoms. The number of benzene rings is 1. The molecule has 1 N–H and O–H groups in total. The van der Waals surface area contributed by atoms with Crippen LogP contribution in [0.2, 0.25) is 0 Å². The Balaban J connectivity index is 1.72. The second-order valence-corrected chi connectivity index (χ2v) is 6.89. The van der Waals surface area contributed by atoms with Crippen molar-refractivity contribution in [1.29, 1.82) is 0 Å². The van der Waals surface area contributed by atoms with Gasteiger partial charge in [0.15, 0.2) is 5.11 Å². The first-order chi connectivity index (χ1) is 12.8. The summed E-state index contributed by atoms with van der Waals surface area (Å²) in [6, 6.07) is 18.8. The van der Waals surface area contributed by atoms with Crippen molar-refractivity contribution in [3.05, 3.63) is 84.4 Å². The quantitative estimate of drug-likeness (QED) is 0.688. The molecule has 1 fully saturated rings. The first-order valence-corrected chi connectivity index (χ1v) is 9.40. The Morgan fingerprint density at radius 1 is 1.08 bits per heavy atom. The molecule has 2 aromatic heterocycles. The Morgan fingerprint density at radius 2 is 1.88 bits per heavy atom.